The first-order valence-electron chi connectivity index (χ1n) is 8.74. The highest BCUT2D eigenvalue weighted by Crippen LogP contribution is 2.32. The molecule has 0 fully saturated rings. The average Bonchev–Trinajstić information content (AvgIpc) is 3.12. The third-order valence-electron chi connectivity index (χ3n) is 4.23. The highest BCUT2D eigenvalue weighted by molar-refractivity contribution is 7.80. The van der Waals surface area contributed by atoms with Crippen LogP contribution in [0.3, 0.4) is 0 Å². The first-order chi connectivity index (χ1) is 14.8. The van der Waals surface area contributed by atoms with Gasteiger partial charge in [0, 0.05) is 10.7 Å². The monoisotopic (exact) mass is 509 g/mol. The predicted octanol–water partition coefficient (Wildman–Crippen LogP) is 7.24. The van der Waals surface area contributed by atoms with E-state index in [0.29, 0.717) is 38.3 Å². The van der Waals surface area contributed by atoms with Gasteiger partial charge >= 0.3 is 0 Å². The van der Waals surface area contributed by atoms with Crippen molar-refractivity contribution in [2.45, 2.75) is 0 Å². The first-order valence-corrected chi connectivity index (χ1v) is 10.7. The van der Waals surface area contributed by atoms with Crippen molar-refractivity contribution in [3.8, 4) is 11.5 Å². The van der Waals surface area contributed by atoms with Crippen LogP contribution in [0.2, 0.25) is 20.1 Å². The molecule has 4 rings (SSSR count). The molecule has 0 bridgehead atoms. The van der Waals surface area contributed by atoms with Crippen molar-refractivity contribution in [3.63, 3.8) is 0 Å². The molecule has 0 unspecified atom stereocenters. The number of hydrogen-bond acceptors (Lipinski definition) is 4. The summed E-state index contributed by atoms with van der Waals surface area (Å²) >= 11 is 29.4. The van der Waals surface area contributed by atoms with E-state index in [0.717, 1.165) is 0 Å². The minimum absolute atomic E-state index is 0.0878. The molecule has 0 spiro atoms. The summed E-state index contributed by atoms with van der Waals surface area (Å²) in [6.45, 7) is 0. The summed E-state index contributed by atoms with van der Waals surface area (Å²) in [5, 5.41) is 6.98. The van der Waals surface area contributed by atoms with E-state index in [1.165, 1.54) is 0 Å². The fourth-order valence-electron chi connectivity index (χ4n) is 2.80. The molecule has 1 aromatic heterocycles. The number of oxazole rings is 1. The lowest BCUT2D eigenvalue weighted by Gasteiger charge is -2.10. The summed E-state index contributed by atoms with van der Waals surface area (Å²) < 4.78 is 5.79. The molecule has 0 radical (unpaired) electrons. The standard InChI is InChI=1S/C21H11Cl4N3O2S/c22-10-4-6-12(15(24)8-10)20-27-16-9-11(5-7-17(16)30-20)26-21(31)28-19(29)13-2-1-3-14(23)18(13)25/h1-9H,(H2,26,28,29,31). The molecule has 0 aliphatic rings. The number of benzene rings is 3. The van der Waals surface area contributed by atoms with Gasteiger partial charge in [0.1, 0.15) is 5.52 Å². The van der Waals surface area contributed by atoms with E-state index in [1.54, 1.807) is 54.6 Å². The number of thiocarbonyl (C=S) groups is 1. The van der Waals surface area contributed by atoms with Gasteiger partial charge in [-0.2, -0.15) is 0 Å². The lowest BCUT2D eigenvalue weighted by Crippen LogP contribution is -2.34. The molecule has 0 aliphatic carbocycles. The number of nitrogens with one attached hydrogen (secondary N) is 2. The molecule has 10 heteroatoms. The van der Waals surface area contributed by atoms with Crippen molar-refractivity contribution in [2.75, 3.05) is 5.32 Å². The zero-order chi connectivity index (χ0) is 22.1. The van der Waals surface area contributed by atoms with Gasteiger partial charge in [0.25, 0.3) is 5.91 Å². The van der Waals surface area contributed by atoms with Gasteiger partial charge in [-0.05, 0) is 60.7 Å². The zero-order valence-corrected chi connectivity index (χ0v) is 19.2. The fraction of sp³-hybridized carbons (Fsp3) is 0. The second-order valence-corrected chi connectivity index (χ2v) is 8.37. The second kappa shape index (κ2) is 9.02. The molecule has 2 N–H and O–H groups in total. The molecule has 0 aliphatic heterocycles. The summed E-state index contributed by atoms with van der Waals surface area (Å²) in [6.07, 6.45) is 0. The highest BCUT2D eigenvalue weighted by atomic mass is 35.5. The average molecular weight is 511 g/mol. The molecule has 1 amide bonds. The van der Waals surface area contributed by atoms with Gasteiger partial charge in [-0.1, -0.05) is 52.5 Å². The Balaban J connectivity index is 1.51. The number of anilines is 1. The Hall–Kier alpha value is -2.35. The topological polar surface area (TPSA) is 67.2 Å². The molecule has 156 valence electrons. The van der Waals surface area contributed by atoms with Crippen LogP contribution in [0.5, 0.6) is 0 Å². The maximum Gasteiger partial charge on any atom is 0.258 e. The fourth-order valence-corrected chi connectivity index (χ4v) is 3.88. The summed E-state index contributed by atoms with van der Waals surface area (Å²) in [6, 6.07) is 15.0. The number of carbonyl (C=O) groups excluding carboxylic acids is 1. The normalized spacial score (nSPS) is 10.8. The number of carbonyl (C=O) groups is 1. The molecule has 5 nitrogen and oxygen atoms in total. The lowest BCUT2D eigenvalue weighted by atomic mass is 10.2. The summed E-state index contributed by atoms with van der Waals surface area (Å²) in [5.41, 5.74) is 2.59. The molecule has 0 saturated carbocycles. The van der Waals surface area contributed by atoms with Crippen molar-refractivity contribution in [1.29, 1.82) is 0 Å². The van der Waals surface area contributed by atoms with E-state index in [-0.39, 0.29) is 20.7 Å². The van der Waals surface area contributed by atoms with Crippen molar-refractivity contribution < 1.29 is 9.21 Å². The maximum absolute atomic E-state index is 12.4. The van der Waals surface area contributed by atoms with Crippen LogP contribution in [0.25, 0.3) is 22.6 Å². The van der Waals surface area contributed by atoms with Crippen LogP contribution < -0.4 is 10.6 Å². The Morgan fingerprint density at radius 1 is 0.968 bits per heavy atom. The lowest BCUT2D eigenvalue weighted by molar-refractivity contribution is 0.0978. The summed E-state index contributed by atoms with van der Waals surface area (Å²) in [7, 11) is 0. The van der Waals surface area contributed by atoms with Crippen LogP contribution in [0.1, 0.15) is 10.4 Å². The molecular formula is C21H11Cl4N3O2S. The predicted molar refractivity (Wildman–Crippen MR) is 130 cm³/mol. The van der Waals surface area contributed by atoms with Crippen LogP contribution in [-0.2, 0) is 0 Å². The minimum Gasteiger partial charge on any atom is -0.436 e. The number of amides is 1. The highest BCUT2D eigenvalue weighted by Gasteiger charge is 2.15. The van der Waals surface area contributed by atoms with E-state index < -0.39 is 5.91 Å². The smallest absolute Gasteiger partial charge is 0.258 e. The Bertz CT molecular complexity index is 1340. The number of aromatic nitrogens is 1. The molecule has 31 heavy (non-hydrogen) atoms. The van der Waals surface area contributed by atoms with Gasteiger partial charge in [-0.25, -0.2) is 4.98 Å². The Morgan fingerprint density at radius 2 is 1.77 bits per heavy atom. The summed E-state index contributed by atoms with van der Waals surface area (Å²) in [4.78, 5) is 16.9. The van der Waals surface area contributed by atoms with E-state index in [9.17, 15) is 4.79 Å². The van der Waals surface area contributed by atoms with Gasteiger partial charge in [0.05, 0.1) is 26.2 Å². The van der Waals surface area contributed by atoms with Crippen molar-refractivity contribution >= 4 is 86.4 Å². The van der Waals surface area contributed by atoms with E-state index >= 15 is 0 Å². The maximum atomic E-state index is 12.4. The van der Waals surface area contributed by atoms with Crippen molar-refractivity contribution in [3.05, 3.63) is 80.3 Å². The van der Waals surface area contributed by atoms with Gasteiger partial charge in [0.2, 0.25) is 5.89 Å². The molecule has 4 aromatic rings. The van der Waals surface area contributed by atoms with E-state index in [4.69, 9.17) is 63.0 Å². The molecular weight excluding hydrogens is 500 g/mol. The third-order valence-corrected chi connectivity index (χ3v) is 5.80. The van der Waals surface area contributed by atoms with Crippen molar-refractivity contribution in [1.82, 2.24) is 10.3 Å². The van der Waals surface area contributed by atoms with Gasteiger partial charge in [-0.15, -0.1) is 0 Å². The minimum atomic E-state index is -0.479. The number of halogens is 4. The third kappa shape index (κ3) is 4.79. The molecule has 0 atom stereocenters. The summed E-state index contributed by atoms with van der Waals surface area (Å²) in [5.74, 6) is -0.118. The number of fused-ring (bicyclic) bond motifs is 1. The Kier molecular flexibility index (Phi) is 6.36. The van der Waals surface area contributed by atoms with Gasteiger partial charge in [0.15, 0.2) is 10.7 Å². The Labute approximate surface area is 202 Å². The van der Waals surface area contributed by atoms with Crippen LogP contribution in [-0.4, -0.2) is 16.0 Å². The van der Waals surface area contributed by atoms with Crippen LogP contribution in [0.15, 0.2) is 59.0 Å². The molecule has 0 saturated heterocycles. The SMILES string of the molecule is O=C(NC(=S)Nc1ccc2oc(-c3ccc(Cl)cc3Cl)nc2c1)c1cccc(Cl)c1Cl. The van der Waals surface area contributed by atoms with Crippen molar-refractivity contribution in [2.24, 2.45) is 0 Å². The number of nitrogens with zero attached hydrogens (tertiary/aromatic N) is 1. The zero-order valence-electron chi connectivity index (χ0n) is 15.4. The van der Waals surface area contributed by atoms with Gasteiger partial charge in [-0.3, -0.25) is 10.1 Å². The number of rotatable bonds is 3. The Morgan fingerprint density at radius 3 is 2.55 bits per heavy atom. The van der Waals surface area contributed by atoms with E-state index in [1.807, 2.05) is 0 Å². The largest absolute Gasteiger partial charge is 0.436 e. The van der Waals surface area contributed by atoms with Crippen LogP contribution >= 0.6 is 58.6 Å². The molecule has 3 aromatic carbocycles. The van der Waals surface area contributed by atoms with E-state index in [2.05, 4.69) is 15.6 Å². The first kappa shape index (κ1) is 21.9. The van der Waals surface area contributed by atoms with Crippen LogP contribution in [0, 0.1) is 0 Å². The quantitative estimate of drug-likeness (QED) is 0.284. The number of hydrogen-bond donors (Lipinski definition) is 2. The van der Waals surface area contributed by atoms with Gasteiger partial charge < -0.3 is 9.73 Å². The molecule has 1 heterocycles. The van der Waals surface area contributed by atoms with Crippen LogP contribution in [0.4, 0.5) is 5.69 Å². The second-order valence-electron chi connectivity index (χ2n) is 6.34.